The third-order valence-corrected chi connectivity index (χ3v) is 10.9. The Kier molecular flexibility index (Phi) is 15.7. The van der Waals surface area contributed by atoms with E-state index in [2.05, 4.69) is 33.7 Å². The second-order valence-corrected chi connectivity index (χ2v) is 16.0. The average Bonchev–Trinajstić information content (AvgIpc) is 3.96. The molecule has 0 aromatic carbocycles. The smallest absolute Gasteiger partial charge is 0.358 e. The van der Waals surface area contributed by atoms with Crippen molar-refractivity contribution >= 4 is 35.4 Å². The summed E-state index contributed by atoms with van der Waals surface area (Å²) in [5.74, 6) is 0.171. The number of aliphatic hydroxyl groups is 2. The SMILES string of the molecule is C=C[C@@H]1O[C@@H]1/C=C\C[C@H](OC(=O)c1cnc(/C=C\C=C\[C@H]2CC2/C=C\C[C@H](OC(=O)c2csc(/C=C\C)n2)C(C)(C)[C@@H](O)/C=C/C)[nH]1)C(C)(C)[C@@H](O)/C=C/C. The predicted octanol–water partition coefficient (Wildman–Crippen LogP) is 8.63. The van der Waals surface area contributed by atoms with E-state index in [9.17, 15) is 19.8 Å². The molecule has 0 spiro atoms. The number of carbonyl (C=O) groups is 2. The molecule has 1 saturated carbocycles. The van der Waals surface area contributed by atoms with Crippen molar-refractivity contribution in [1.29, 1.82) is 0 Å². The van der Waals surface area contributed by atoms with E-state index in [0.29, 0.717) is 30.5 Å². The third-order valence-electron chi connectivity index (χ3n) is 10.1. The first-order chi connectivity index (χ1) is 26.2. The lowest BCUT2D eigenvalue weighted by Crippen LogP contribution is -2.42. The van der Waals surface area contributed by atoms with Gasteiger partial charge in [0.25, 0.3) is 0 Å². The van der Waals surface area contributed by atoms with Crippen LogP contribution in [0.5, 0.6) is 0 Å². The number of nitrogens with one attached hydrogen (secondary N) is 1. The van der Waals surface area contributed by atoms with Crippen LogP contribution in [0.1, 0.15) is 99.5 Å². The topological polar surface area (TPSA) is 147 Å². The molecule has 2 aliphatic rings. The zero-order chi connectivity index (χ0) is 40.2. The van der Waals surface area contributed by atoms with Crippen molar-refractivity contribution < 1.29 is 34.0 Å². The summed E-state index contributed by atoms with van der Waals surface area (Å²) in [6.45, 7) is 16.9. The second-order valence-electron chi connectivity index (χ2n) is 15.1. The highest BCUT2D eigenvalue weighted by Crippen LogP contribution is 2.41. The molecular formula is C44H57N3O7S. The summed E-state index contributed by atoms with van der Waals surface area (Å²) < 4.78 is 17.4. The number of imidazole rings is 1. The van der Waals surface area contributed by atoms with E-state index in [0.717, 1.165) is 11.4 Å². The van der Waals surface area contributed by atoms with E-state index in [1.54, 1.807) is 41.8 Å². The van der Waals surface area contributed by atoms with Gasteiger partial charge in [-0.2, -0.15) is 0 Å². The second kappa shape index (κ2) is 20.0. The Labute approximate surface area is 329 Å². The lowest BCUT2D eigenvalue weighted by Gasteiger charge is -2.36. The van der Waals surface area contributed by atoms with Crippen LogP contribution in [0.2, 0.25) is 0 Å². The Bertz CT molecular complexity index is 1810. The van der Waals surface area contributed by atoms with Gasteiger partial charge in [0, 0.05) is 29.1 Å². The van der Waals surface area contributed by atoms with Crippen LogP contribution in [-0.2, 0) is 14.2 Å². The highest BCUT2D eigenvalue weighted by Gasteiger charge is 2.40. The van der Waals surface area contributed by atoms with Crippen LogP contribution in [0.25, 0.3) is 12.2 Å². The molecule has 2 aromatic rings. The van der Waals surface area contributed by atoms with Gasteiger partial charge in [0.2, 0.25) is 0 Å². The van der Waals surface area contributed by atoms with Crippen LogP contribution in [0.3, 0.4) is 0 Å². The number of nitrogens with zero attached hydrogens (tertiary/aromatic N) is 2. The molecule has 8 atom stereocenters. The van der Waals surface area contributed by atoms with E-state index in [4.69, 9.17) is 14.2 Å². The predicted molar refractivity (Wildman–Crippen MR) is 219 cm³/mol. The fourth-order valence-electron chi connectivity index (χ4n) is 5.98. The van der Waals surface area contributed by atoms with Gasteiger partial charge >= 0.3 is 11.9 Å². The molecule has 11 heteroatoms. The average molecular weight is 772 g/mol. The van der Waals surface area contributed by atoms with Crippen molar-refractivity contribution in [2.45, 2.75) is 104 Å². The van der Waals surface area contributed by atoms with E-state index in [1.165, 1.54) is 17.5 Å². The maximum Gasteiger partial charge on any atom is 0.358 e. The molecule has 2 aromatic heterocycles. The lowest BCUT2D eigenvalue weighted by atomic mass is 9.79. The Morgan fingerprint density at radius 2 is 1.53 bits per heavy atom. The van der Waals surface area contributed by atoms with Crippen LogP contribution in [-0.4, -0.2) is 73.7 Å². The van der Waals surface area contributed by atoms with Crippen LogP contribution in [0.4, 0.5) is 0 Å². The summed E-state index contributed by atoms with van der Waals surface area (Å²) in [6.07, 6.45) is 28.7. The standard InChI is InChI=1S/C44H57N3O7S/c1-9-17-35(48)43(5,6)37(54-42(51)32-28-55-40(47-32)19-11-3)23-15-21-30-26-29(30)20-13-14-25-39-45-27-31(46-39)41(50)53-38(44(7,8)36(49)18-10-2)24-16-22-34-33(12-4)52-34/h9-22,25,27-30,33-38,48-49H,4,23-24,26H2,1-3,5-8H3,(H,45,46)/b17-9+,18-10+,19-11-,20-13+,21-15-,22-16-,25-14-/t29-,30?,33-,34+,35-,36-,37-,38-/m0/s1. The van der Waals surface area contributed by atoms with Crippen molar-refractivity contribution in [3.8, 4) is 0 Å². The molecule has 0 radical (unpaired) electrons. The molecule has 10 nitrogen and oxygen atoms in total. The van der Waals surface area contributed by atoms with Crippen molar-refractivity contribution in [2.75, 3.05) is 0 Å². The van der Waals surface area contributed by atoms with Gasteiger partial charge in [0.15, 0.2) is 5.69 Å². The number of ether oxygens (including phenoxy) is 3. The molecule has 296 valence electrons. The zero-order valence-electron chi connectivity index (χ0n) is 33.0. The Morgan fingerprint density at radius 1 is 0.909 bits per heavy atom. The number of aromatic amines is 1. The number of thiazole rings is 1. The first-order valence-corrected chi connectivity index (χ1v) is 19.8. The maximum absolute atomic E-state index is 13.2. The van der Waals surface area contributed by atoms with Gasteiger partial charge in [-0.15, -0.1) is 17.9 Å². The maximum atomic E-state index is 13.2. The number of esters is 2. The number of aromatic nitrogens is 3. The number of rotatable bonds is 21. The van der Waals surface area contributed by atoms with Crippen molar-refractivity contribution in [1.82, 2.24) is 15.0 Å². The molecular weight excluding hydrogens is 715 g/mol. The number of hydrogen-bond donors (Lipinski definition) is 3. The number of hydrogen-bond acceptors (Lipinski definition) is 10. The molecule has 55 heavy (non-hydrogen) atoms. The van der Waals surface area contributed by atoms with E-state index in [1.807, 2.05) is 91.0 Å². The molecule has 1 unspecified atom stereocenters. The zero-order valence-corrected chi connectivity index (χ0v) is 33.8. The summed E-state index contributed by atoms with van der Waals surface area (Å²) in [5, 5.41) is 24.1. The van der Waals surface area contributed by atoms with Gasteiger partial charge < -0.3 is 29.4 Å². The number of aliphatic hydroxyl groups excluding tert-OH is 2. The first-order valence-electron chi connectivity index (χ1n) is 18.9. The molecule has 1 aliphatic carbocycles. The van der Waals surface area contributed by atoms with Gasteiger partial charge in [0.1, 0.15) is 40.9 Å². The molecule has 0 amide bonds. The van der Waals surface area contributed by atoms with Crippen LogP contribution < -0.4 is 0 Å². The minimum Gasteiger partial charge on any atom is -0.457 e. The van der Waals surface area contributed by atoms with Gasteiger partial charge in [-0.05, 0) is 51.2 Å². The molecule has 0 bridgehead atoms. The summed E-state index contributed by atoms with van der Waals surface area (Å²) in [7, 11) is 0. The van der Waals surface area contributed by atoms with Crippen LogP contribution >= 0.6 is 11.3 Å². The Balaban J connectivity index is 1.31. The van der Waals surface area contributed by atoms with Gasteiger partial charge in [-0.1, -0.05) is 107 Å². The highest BCUT2D eigenvalue weighted by molar-refractivity contribution is 7.10. The molecule has 2 fully saturated rings. The van der Waals surface area contributed by atoms with Gasteiger partial charge in [0.05, 0.1) is 18.4 Å². The van der Waals surface area contributed by atoms with E-state index in [-0.39, 0.29) is 23.6 Å². The molecule has 1 saturated heterocycles. The number of allylic oxidation sites excluding steroid dienone is 7. The summed E-state index contributed by atoms with van der Waals surface area (Å²) in [6, 6.07) is 0. The number of H-pyrrole nitrogens is 1. The van der Waals surface area contributed by atoms with Gasteiger partial charge in [-0.25, -0.2) is 19.6 Å². The Hall–Kier alpha value is -4.42. The van der Waals surface area contributed by atoms with Crippen molar-refractivity contribution in [3.05, 3.63) is 119 Å². The quantitative estimate of drug-likeness (QED) is 0.0491. The fourth-order valence-corrected chi connectivity index (χ4v) is 6.73. The summed E-state index contributed by atoms with van der Waals surface area (Å²) >= 11 is 1.38. The molecule has 3 N–H and O–H groups in total. The molecule has 3 heterocycles. The third kappa shape index (κ3) is 12.3. The van der Waals surface area contributed by atoms with Gasteiger partial charge in [-0.3, -0.25) is 0 Å². The number of epoxide rings is 1. The number of carbonyl (C=O) groups excluding carboxylic acids is 2. The van der Waals surface area contributed by atoms with E-state index >= 15 is 0 Å². The fraction of sp³-hybridized carbons (Fsp3) is 0.455. The minimum absolute atomic E-state index is 0.00535. The molecule has 4 rings (SSSR count). The highest BCUT2D eigenvalue weighted by atomic mass is 32.1. The first kappa shape index (κ1) is 43.3. The van der Waals surface area contributed by atoms with Crippen LogP contribution in [0, 0.1) is 22.7 Å². The summed E-state index contributed by atoms with van der Waals surface area (Å²) in [5.41, 5.74) is -1.03. The minimum atomic E-state index is -0.821. The summed E-state index contributed by atoms with van der Waals surface area (Å²) in [4.78, 5) is 38.0. The normalized spacial score (nSPS) is 22.8. The van der Waals surface area contributed by atoms with Crippen LogP contribution in [0.15, 0.2) is 97.1 Å². The monoisotopic (exact) mass is 771 g/mol. The Morgan fingerprint density at radius 3 is 2.13 bits per heavy atom. The van der Waals surface area contributed by atoms with Crippen molar-refractivity contribution in [2.24, 2.45) is 22.7 Å². The largest absolute Gasteiger partial charge is 0.457 e. The van der Waals surface area contributed by atoms with E-state index < -0.39 is 47.2 Å². The van der Waals surface area contributed by atoms with Crippen molar-refractivity contribution in [3.63, 3.8) is 0 Å². The lowest BCUT2D eigenvalue weighted by molar-refractivity contribution is -0.0461. The molecule has 1 aliphatic heterocycles.